The summed E-state index contributed by atoms with van der Waals surface area (Å²) in [5.41, 5.74) is 3.37. The highest BCUT2D eigenvalue weighted by Crippen LogP contribution is 2.61. The molecule has 0 heterocycles. The van der Waals surface area contributed by atoms with E-state index in [2.05, 4.69) is 37.0 Å². The van der Waals surface area contributed by atoms with E-state index in [1.54, 1.807) is 18.2 Å². The first-order valence-electron chi connectivity index (χ1n) is 11.8. The van der Waals surface area contributed by atoms with Crippen LogP contribution in [0.15, 0.2) is 30.9 Å². The van der Waals surface area contributed by atoms with Crippen molar-refractivity contribution in [2.45, 2.75) is 69.4 Å². The molecule has 2 bridgehead atoms. The second-order valence-corrected chi connectivity index (χ2v) is 10.2. The van der Waals surface area contributed by atoms with E-state index < -0.39 is 0 Å². The van der Waals surface area contributed by atoms with E-state index in [0.29, 0.717) is 24.7 Å². The van der Waals surface area contributed by atoms with E-state index in [0.717, 1.165) is 29.9 Å². The minimum absolute atomic E-state index is 0.244. The number of hydrogen-bond acceptors (Lipinski definition) is 3. The van der Waals surface area contributed by atoms with E-state index in [9.17, 15) is 0 Å². The fraction of sp³-hybridized carbons (Fsp3) is 0.692. The zero-order valence-corrected chi connectivity index (χ0v) is 18.2. The maximum atomic E-state index is 6.26. The molecule has 1 aromatic rings. The Morgan fingerprint density at radius 3 is 2.90 bits per heavy atom. The first-order valence-corrected chi connectivity index (χ1v) is 11.8. The fourth-order valence-electron chi connectivity index (χ4n) is 7.21. The number of rotatable bonds is 7. The Balaban J connectivity index is 1.51. The van der Waals surface area contributed by atoms with Crippen LogP contribution in [-0.4, -0.2) is 32.4 Å². The standard InChI is InChI=1S/C26H37NO2/c1-4-11-29-21-12-17(2)25-22-13-19-7-8-20(28-3)14-23(19)26(25,15-21)10-9-24(22)27-16-18-5-6-18/h4,7-8,14,17-18,21-22,24-25,27H,1,5-6,9-13,15-16H2,2-3H3/t17?,21-,22+,24?,25?,26?/m1/s1. The van der Waals surface area contributed by atoms with E-state index >= 15 is 0 Å². The van der Waals surface area contributed by atoms with Crippen molar-refractivity contribution in [3.8, 4) is 5.75 Å². The predicted octanol–water partition coefficient (Wildman–Crippen LogP) is 4.88. The lowest BCUT2D eigenvalue weighted by Crippen LogP contribution is -2.61. The highest BCUT2D eigenvalue weighted by Gasteiger charge is 2.58. The van der Waals surface area contributed by atoms with E-state index in [1.165, 1.54) is 45.1 Å². The van der Waals surface area contributed by atoms with Gasteiger partial charge in [0.15, 0.2) is 0 Å². The van der Waals surface area contributed by atoms with Gasteiger partial charge in [-0.05, 0) is 98.4 Å². The molecule has 6 atom stereocenters. The molecule has 0 saturated heterocycles. The summed E-state index contributed by atoms with van der Waals surface area (Å²) >= 11 is 0. The Hall–Kier alpha value is -1.32. The molecule has 5 rings (SSSR count). The minimum Gasteiger partial charge on any atom is -0.497 e. The minimum atomic E-state index is 0.244. The predicted molar refractivity (Wildman–Crippen MR) is 117 cm³/mol. The van der Waals surface area contributed by atoms with E-state index in [4.69, 9.17) is 9.47 Å². The van der Waals surface area contributed by atoms with Crippen molar-refractivity contribution in [1.82, 2.24) is 5.32 Å². The summed E-state index contributed by atoms with van der Waals surface area (Å²) in [6.45, 7) is 8.25. The first kappa shape index (κ1) is 19.6. The number of ether oxygens (including phenoxy) is 2. The van der Waals surface area contributed by atoms with Gasteiger partial charge in [0.25, 0.3) is 0 Å². The van der Waals surface area contributed by atoms with Crippen molar-refractivity contribution in [1.29, 1.82) is 0 Å². The van der Waals surface area contributed by atoms with Gasteiger partial charge in [0.05, 0.1) is 19.8 Å². The summed E-state index contributed by atoms with van der Waals surface area (Å²) in [5, 5.41) is 4.02. The van der Waals surface area contributed by atoms with E-state index in [-0.39, 0.29) is 5.41 Å². The second-order valence-electron chi connectivity index (χ2n) is 10.2. The zero-order chi connectivity index (χ0) is 20.0. The zero-order valence-electron chi connectivity index (χ0n) is 18.2. The Kier molecular flexibility index (Phi) is 5.24. The average Bonchev–Trinajstić information content (AvgIpc) is 3.55. The van der Waals surface area contributed by atoms with Gasteiger partial charge in [0, 0.05) is 11.5 Å². The molecule has 3 nitrogen and oxygen atoms in total. The number of hydrogen-bond donors (Lipinski definition) is 1. The molecule has 0 aromatic heterocycles. The van der Waals surface area contributed by atoms with Crippen molar-refractivity contribution >= 4 is 0 Å². The summed E-state index contributed by atoms with van der Waals surface area (Å²) < 4.78 is 11.9. The summed E-state index contributed by atoms with van der Waals surface area (Å²) in [5.74, 6) is 4.14. The quantitative estimate of drug-likeness (QED) is 0.667. The Morgan fingerprint density at radius 2 is 2.14 bits per heavy atom. The van der Waals surface area contributed by atoms with Gasteiger partial charge in [-0.15, -0.1) is 6.58 Å². The number of methoxy groups -OCH3 is 1. The van der Waals surface area contributed by atoms with Crippen molar-refractivity contribution in [2.75, 3.05) is 20.3 Å². The molecule has 3 fully saturated rings. The lowest BCUT2D eigenvalue weighted by molar-refractivity contribution is -0.0779. The van der Waals surface area contributed by atoms with Crippen LogP contribution < -0.4 is 10.1 Å². The second kappa shape index (κ2) is 7.74. The van der Waals surface area contributed by atoms with Crippen LogP contribution in [0.1, 0.15) is 56.6 Å². The molecule has 4 unspecified atom stereocenters. The highest BCUT2D eigenvalue weighted by molar-refractivity contribution is 5.45. The molecule has 158 valence electrons. The van der Waals surface area contributed by atoms with Crippen LogP contribution in [0.2, 0.25) is 0 Å². The van der Waals surface area contributed by atoms with Crippen LogP contribution in [0.25, 0.3) is 0 Å². The van der Waals surface area contributed by atoms with Crippen LogP contribution in [0, 0.1) is 23.7 Å². The fourth-order valence-corrected chi connectivity index (χ4v) is 7.21. The normalized spacial score (nSPS) is 38.1. The molecule has 29 heavy (non-hydrogen) atoms. The van der Waals surface area contributed by atoms with Gasteiger partial charge in [-0.2, -0.15) is 0 Å². The monoisotopic (exact) mass is 395 g/mol. The maximum Gasteiger partial charge on any atom is 0.119 e. The molecule has 3 heteroatoms. The van der Waals surface area contributed by atoms with Crippen LogP contribution in [0.4, 0.5) is 0 Å². The van der Waals surface area contributed by atoms with Crippen molar-refractivity contribution in [3.63, 3.8) is 0 Å². The van der Waals surface area contributed by atoms with Gasteiger partial charge >= 0.3 is 0 Å². The summed E-state index contributed by atoms with van der Waals surface area (Å²) in [6, 6.07) is 7.55. The topological polar surface area (TPSA) is 30.5 Å². The lowest BCUT2D eigenvalue weighted by atomic mass is 9.45. The van der Waals surface area contributed by atoms with Crippen molar-refractivity contribution in [3.05, 3.63) is 42.0 Å². The molecule has 0 radical (unpaired) electrons. The SMILES string of the molecule is C=CCO[C@@H]1CC(C)C2[C@H]3Cc4ccc(OC)cc4C2(CCC3NCC2CC2)C1. The summed E-state index contributed by atoms with van der Waals surface area (Å²) in [6.07, 6.45) is 11.2. The molecule has 1 N–H and O–H groups in total. The van der Waals surface area contributed by atoms with Crippen LogP contribution >= 0.6 is 0 Å². The number of nitrogens with one attached hydrogen (secondary N) is 1. The Morgan fingerprint density at radius 1 is 1.28 bits per heavy atom. The molecular weight excluding hydrogens is 358 g/mol. The largest absolute Gasteiger partial charge is 0.497 e. The molecule has 0 amide bonds. The molecule has 3 saturated carbocycles. The summed E-state index contributed by atoms with van der Waals surface area (Å²) in [7, 11) is 1.79. The molecular formula is C26H37NO2. The third kappa shape index (κ3) is 3.45. The Bertz CT molecular complexity index is 757. The van der Waals surface area contributed by atoms with Gasteiger partial charge < -0.3 is 14.8 Å². The van der Waals surface area contributed by atoms with Gasteiger partial charge in [0.2, 0.25) is 0 Å². The smallest absolute Gasteiger partial charge is 0.119 e. The molecule has 1 aromatic carbocycles. The molecule has 0 aliphatic heterocycles. The molecule has 0 spiro atoms. The highest BCUT2D eigenvalue weighted by atomic mass is 16.5. The van der Waals surface area contributed by atoms with Crippen molar-refractivity contribution in [2.24, 2.45) is 23.7 Å². The number of benzene rings is 1. The molecule has 4 aliphatic rings. The van der Waals surface area contributed by atoms with Gasteiger partial charge in [-0.3, -0.25) is 0 Å². The van der Waals surface area contributed by atoms with Crippen LogP contribution in [0.3, 0.4) is 0 Å². The van der Waals surface area contributed by atoms with Gasteiger partial charge in [0.1, 0.15) is 5.75 Å². The summed E-state index contributed by atoms with van der Waals surface area (Å²) in [4.78, 5) is 0. The first-order chi connectivity index (χ1) is 14.1. The average molecular weight is 396 g/mol. The van der Waals surface area contributed by atoms with Gasteiger partial charge in [-0.1, -0.05) is 19.1 Å². The maximum absolute atomic E-state index is 6.26. The Labute approximate surface area is 176 Å². The van der Waals surface area contributed by atoms with Crippen LogP contribution in [0.5, 0.6) is 5.75 Å². The van der Waals surface area contributed by atoms with Crippen LogP contribution in [-0.2, 0) is 16.6 Å². The number of fused-ring (bicyclic) bond motifs is 1. The van der Waals surface area contributed by atoms with Gasteiger partial charge in [-0.25, -0.2) is 0 Å². The third-order valence-corrected chi connectivity index (χ3v) is 8.48. The van der Waals surface area contributed by atoms with Crippen molar-refractivity contribution < 1.29 is 9.47 Å². The lowest BCUT2D eigenvalue weighted by Gasteiger charge is -2.61. The molecule has 4 aliphatic carbocycles. The van der Waals surface area contributed by atoms with E-state index in [1.807, 2.05) is 6.08 Å². The third-order valence-electron chi connectivity index (χ3n) is 8.48.